The second kappa shape index (κ2) is 4.59. The molecule has 0 aromatic heterocycles. The van der Waals surface area contributed by atoms with Crippen LogP contribution in [0.2, 0.25) is 0 Å². The van der Waals surface area contributed by atoms with Crippen molar-refractivity contribution in [3.8, 4) is 0 Å². The van der Waals surface area contributed by atoms with Crippen LogP contribution in [0.1, 0.15) is 26.7 Å². The number of hydrogen-bond donors (Lipinski definition) is 0. The second-order valence-electron chi connectivity index (χ2n) is 2.80. The van der Waals surface area contributed by atoms with E-state index in [1.807, 2.05) is 0 Å². The lowest BCUT2D eigenvalue weighted by molar-refractivity contribution is -0.128. The third-order valence-corrected chi connectivity index (χ3v) is 1.28. The van der Waals surface area contributed by atoms with Crippen molar-refractivity contribution < 1.29 is 14.4 Å². The van der Waals surface area contributed by atoms with E-state index in [0.29, 0.717) is 5.57 Å². The largest absolute Gasteiger partial charge is 0.300 e. The molecule has 3 nitrogen and oxygen atoms in total. The van der Waals surface area contributed by atoms with Gasteiger partial charge < -0.3 is 0 Å². The fourth-order valence-corrected chi connectivity index (χ4v) is 0.670. The highest BCUT2D eigenvalue weighted by atomic mass is 16.2. The zero-order valence-corrected chi connectivity index (χ0v) is 7.35. The molecule has 0 unspecified atom stereocenters. The van der Waals surface area contributed by atoms with Gasteiger partial charge in [-0.05, 0) is 19.4 Å². The number of hydrogen-bond acceptors (Lipinski definition) is 3. The van der Waals surface area contributed by atoms with Gasteiger partial charge in [-0.1, -0.05) is 6.58 Å². The van der Waals surface area contributed by atoms with E-state index in [-0.39, 0.29) is 30.2 Å². The number of rotatable bonds is 5. The smallest absolute Gasteiger partial charge is 0.165 e. The number of ketones is 3. The molecule has 3 heteroatoms. The minimum Gasteiger partial charge on any atom is -0.300 e. The Kier molecular flexibility index (Phi) is 4.11. The number of Topliss-reactive ketones (excluding diaryl/α,β-unsaturated/α-hetero) is 3. The fourth-order valence-electron chi connectivity index (χ4n) is 0.670. The molecule has 0 atom stereocenters. The zero-order valence-electron chi connectivity index (χ0n) is 7.35. The zero-order chi connectivity index (χ0) is 9.72. The van der Waals surface area contributed by atoms with Gasteiger partial charge in [0.05, 0.1) is 12.8 Å². The van der Waals surface area contributed by atoms with E-state index in [9.17, 15) is 14.4 Å². The van der Waals surface area contributed by atoms with E-state index in [0.717, 1.165) is 0 Å². The molecule has 0 aromatic rings. The van der Waals surface area contributed by atoms with E-state index >= 15 is 0 Å². The normalized spacial score (nSPS) is 9.17. The van der Waals surface area contributed by atoms with Crippen molar-refractivity contribution in [2.75, 3.05) is 0 Å². The highest BCUT2D eigenvalue weighted by Gasteiger charge is 2.11. The summed E-state index contributed by atoms with van der Waals surface area (Å²) in [6.07, 6.45) is -0.353. The minimum absolute atomic E-state index is 0.154. The molecule has 0 N–H and O–H groups in total. The molecule has 0 amide bonds. The van der Waals surface area contributed by atoms with Crippen LogP contribution in [0.15, 0.2) is 12.2 Å². The Balaban J connectivity index is 3.94. The molecule has 0 aromatic carbocycles. The lowest BCUT2D eigenvalue weighted by atomic mass is 10.1. The Morgan fingerprint density at radius 2 is 1.58 bits per heavy atom. The summed E-state index contributed by atoms with van der Waals surface area (Å²) in [5, 5.41) is 0. The van der Waals surface area contributed by atoms with Crippen LogP contribution in [-0.2, 0) is 14.4 Å². The summed E-state index contributed by atoms with van der Waals surface area (Å²) in [6, 6.07) is 0. The van der Waals surface area contributed by atoms with Gasteiger partial charge in [0.2, 0.25) is 0 Å². The predicted octanol–water partition coefficient (Wildman–Crippen LogP) is 1.07. The SMILES string of the molecule is C=C(C)C(=O)CC(=O)CC(C)=O. The standard InChI is InChI=1S/C9H12O3/c1-6(2)9(12)5-8(11)4-7(3)10/h1,4-5H2,2-3H3. The van der Waals surface area contributed by atoms with E-state index < -0.39 is 0 Å². The summed E-state index contributed by atoms with van der Waals surface area (Å²) in [5.74, 6) is -0.841. The molecule has 0 aliphatic rings. The molecular formula is C9H12O3. The lowest BCUT2D eigenvalue weighted by Gasteiger charge is -1.96. The van der Waals surface area contributed by atoms with Crippen LogP contribution in [0, 0.1) is 0 Å². The Hall–Kier alpha value is -1.25. The molecule has 0 bridgehead atoms. The highest BCUT2D eigenvalue weighted by molar-refractivity contribution is 6.11. The van der Waals surface area contributed by atoms with Crippen LogP contribution in [0.4, 0.5) is 0 Å². The van der Waals surface area contributed by atoms with E-state index in [1.54, 1.807) is 6.92 Å². The first-order valence-corrected chi connectivity index (χ1v) is 3.63. The Morgan fingerprint density at radius 1 is 1.08 bits per heavy atom. The molecule has 0 rings (SSSR count). The number of allylic oxidation sites excluding steroid dienone is 1. The fraction of sp³-hybridized carbons (Fsp3) is 0.444. The summed E-state index contributed by atoms with van der Waals surface area (Å²) in [5.41, 5.74) is 0.354. The quantitative estimate of drug-likeness (QED) is 0.455. The van der Waals surface area contributed by atoms with Crippen molar-refractivity contribution in [2.24, 2.45) is 0 Å². The average Bonchev–Trinajstić information content (AvgIpc) is 1.84. The summed E-state index contributed by atoms with van der Waals surface area (Å²) >= 11 is 0. The van der Waals surface area contributed by atoms with Crippen LogP contribution in [-0.4, -0.2) is 17.3 Å². The van der Waals surface area contributed by atoms with Gasteiger partial charge in [-0.15, -0.1) is 0 Å². The lowest BCUT2D eigenvalue weighted by Crippen LogP contribution is -2.11. The van der Waals surface area contributed by atoms with Gasteiger partial charge in [0.1, 0.15) is 11.6 Å². The topological polar surface area (TPSA) is 51.2 Å². The molecule has 0 spiro atoms. The van der Waals surface area contributed by atoms with E-state index in [2.05, 4.69) is 6.58 Å². The molecule has 0 saturated carbocycles. The summed E-state index contributed by atoms with van der Waals surface area (Å²) in [6.45, 7) is 6.27. The van der Waals surface area contributed by atoms with E-state index in [1.165, 1.54) is 6.92 Å². The Bertz CT molecular complexity index is 238. The van der Waals surface area contributed by atoms with Gasteiger partial charge in [0.25, 0.3) is 0 Å². The van der Waals surface area contributed by atoms with Crippen LogP contribution in [0.25, 0.3) is 0 Å². The van der Waals surface area contributed by atoms with Crippen LogP contribution >= 0.6 is 0 Å². The van der Waals surface area contributed by atoms with Gasteiger partial charge >= 0.3 is 0 Å². The van der Waals surface area contributed by atoms with Crippen molar-refractivity contribution in [1.29, 1.82) is 0 Å². The molecule has 0 aliphatic heterocycles. The molecule has 12 heavy (non-hydrogen) atoms. The summed E-state index contributed by atoms with van der Waals surface area (Å²) < 4.78 is 0. The molecule has 66 valence electrons. The van der Waals surface area contributed by atoms with Gasteiger partial charge in [-0.2, -0.15) is 0 Å². The summed E-state index contributed by atoms with van der Waals surface area (Å²) in [4.78, 5) is 32.2. The first-order valence-electron chi connectivity index (χ1n) is 3.63. The van der Waals surface area contributed by atoms with Crippen molar-refractivity contribution >= 4 is 17.3 Å². The van der Waals surface area contributed by atoms with Crippen molar-refractivity contribution in [2.45, 2.75) is 26.7 Å². The van der Waals surface area contributed by atoms with Gasteiger partial charge in [-0.25, -0.2) is 0 Å². The van der Waals surface area contributed by atoms with Crippen LogP contribution in [0.5, 0.6) is 0 Å². The molecular weight excluding hydrogens is 156 g/mol. The number of carbonyl (C=O) groups excluding carboxylic acids is 3. The highest BCUT2D eigenvalue weighted by Crippen LogP contribution is 1.99. The third-order valence-electron chi connectivity index (χ3n) is 1.28. The first-order chi connectivity index (χ1) is 5.43. The Labute approximate surface area is 71.5 Å². The molecule has 0 fully saturated rings. The molecule has 0 saturated heterocycles. The Morgan fingerprint density at radius 3 is 1.92 bits per heavy atom. The average molecular weight is 168 g/mol. The van der Waals surface area contributed by atoms with Gasteiger partial charge in [0, 0.05) is 0 Å². The summed E-state index contributed by atoms with van der Waals surface area (Å²) in [7, 11) is 0. The van der Waals surface area contributed by atoms with Gasteiger partial charge in [-0.3, -0.25) is 14.4 Å². The number of carbonyl (C=O) groups is 3. The maximum Gasteiger partial charge on any atom is 0.165 e. The van der Waals surface area contributed by atoms with Crippen LogP contribution < -0.4 is 0 Å². The predicted molar refractivity (Wildman–Crippen MR) is 44.7 cm³/mol. The maximum atomic E-state index is 10.9. The minimum atomic E-state index is -0.337. The monoisotopic (exact) mass is 168 g/mol. The molecule has 0 aliphatic carbocycles. The molecule has 0 radical (unpaired) electrons. The van der Waals surface area contributed by atoms with E-state index in [4.69, 9.17) is 0 Å². The van der Waals surface area contributed by atoms with Gasteiger partial charge in [0.15, 0.2) is 5.78 Å². The van der Waals surface area contributed by atoms with Crippen LogP contribution in [0.3, 0.4) is 0 Å². The third kappa shape index (κ3) is 4.55. The maximum absolute atomic E-state index is 10.9. The second-order valence-corrected chi connectivity index (χ2v) is 2.80. The van der Waals surface area contributed by atoms with Crippen molar-refractivity contribution in [3.05, 3.63) is 12.2 Å². The van der Waals surface area contributed by atoms with Crippen molar-refractivity contribution in [1.82, 2.24) is 0 Å². The van der Waals surface area contributed by atoms with Crippen molar-refractivity contribution in [3.63, 3.8) is 0 Å². The first kappa shape index (κ1) is 10.8. The molecule has 0 heterocycles.